The predicted octanol–water partition coefficient (Wildman–Crippen LogP) is 4.42. The molecule has 3 aliphatic heterocycles. The zero-order valence-electron chi connectivity index (χ0n) is 17.7. The highest BCUT2D eigenvalue weighted by Crippen LogP contribution is 2.45. The molecule has 6 nitrogen and oxygen atoms in total. The molecule has 3 aliphatic rings. The number of benzene rings is 3. The van der Waals surface area contributed by atoms with Crippen LogP contribution in [0, 0.1) is 0 Å². The third kappa shape index (κ3) is 3.72. The fourth-order valence-electron chi connectivity index (χ4n) is 4.60. The van der Waals surface area contributed by atoms with Gasteiger partial charge in [-0.25, -0.2) is 8.42 Å². The second-order valence-electron chi connectivity index (χ2n) is 8.41. The molecule has 6 rings (SSSR count). The number of sulfone groups is 1. The Morgan fingerprint density at radius 1 is 0.848 bits per heavy atom. The Hall–Kier alpha value is -2.49. The van der Waals surface area contributed by atoms with Crippen LogP contribution in [0.4, 0.5) is 17.1 Å². The summed E-state index contributed by atoms with van der Waals surface area (Å²) in [5.41, 5.74) is 4.58. The lowest BCUT2D eigenvalue weighted by Crippen LogP contribution is -2.26. The Kier molecular flexibility index (Phi) is 5.15. The molecule has 0 aliphatic carbocycles. The molecule has 3 aromatic rings. The first-order valence-corrected chi connectivity index (χ1v) is 14.6. The second kappa shape index (κ2) is 8.07. The highest BCUT2D eigenvalue weighted by molar-refractivity contribution is 7.99. The van der Waals surface area contributed by atoms with Crippen molar-refractivity contribution in [3.05, 3.63) is 71.8 Å². The lowest BCUT2D eigenvalue weighted by molar-refractivity contribution is 0.594. The second-order valence-corrected chi connectivity index (χ2v) is 13.3. The van der Waals surface area contributed by atoms with E-state index in [1.807, 2.05) is 36.0 Å². The first-order valence-electron chi connectivity index (χ1n) is 10.9. The molecular formula is C24H23N3O3S3. The Labute approximate surface area is 199 Å². The maximum atomic E-state index is 13.7. The van der Waals surface area contributed by atoms with Crippen molar-refractivity contribution in [1.82, 2.24) is 0 Å². The predicted molar refractivity (Wildman–Crippen MR) is 135 cm³/mol. The van der Waals surface area contributed by atoms with Gasteiger partial charge in [0.2, 0.25) is 0 Å². The molecule has 0 fully saturated rings. The minimum atomic E-state index is -3.32. The largest absolute Gasteiger partial charge is 0.383 e. The molecule has 3 heterocycles. The molecule has 33 heavy (non-hydrogen) atoms. The van der Waals surface area contributed by atoms with Gasteiger partial charge in [-0.15, -0.1) is 11.8 Å². The lowest BCUT2D eigenvalue weighted by atomic mass is 10.1. The smallest absolute Gasteiger partial charge is 0.182 e. The van der Waals surface area contributed by atoms with Crippen molar-refractivity contribution >= 4 is 49.5 Å². The van der Waals surface area contributed by atoms with E-state index >= 15 is 0 Å². The molecular weight excluding hydrogens is 474 g/mol. The van der Waals surface area contributed by atoms with Gasteiger partial charge in [-0.2, -0.15) is 0 Å². The summed E-state index contributed by atoms with van der Waals surface area (Å²) in [6.45, 7) is 1.72. The highest BCUT2D eigenvalue weighted by atomic mass is 32.2. The van der Waals surface area contributed by atoms with Crippen molar-refractivity contribution in [3.8, 4) is 0 Å². The highest BCUT2D eigenvalue weighted by Gasteiger charge is 2.31. The van der Waals surface area contributed by atoms with E-state index in [4.69, 9.17) is 0 Å². The van der Waals surface area contributed by atoms with E-state index < -0.39 is 20.6 Å². The zero-order valence-corrected chi connectivity index (χ0v) is 20.2. The van der Waals surface area contributed by atoms with E-state index in [1.54, 1.807) is 12.1 Å². The molecule has 9 heteroatoms. The van der Waals surface area contributed by atoms with Crippen LogP contribution in [0.1, 0.15) is 21.6 Å². The molecule has 0 saturated carbocycles. The van der Waals surface area contributed by atoms with Crippen molar-refractivity contribution in [2.75, 3.05) is 41.3 Å². The molecule has 3 aromatic carbocycles. The monoisotopic (exact) mass is 497 g/mol. The van der Waals surface area contributed by atoms with Crippen LogP contribution in [0.5, 0.6) is 0 Å². The van der Waals surface area contributed by atoms with Crippen LogP contribution in [0.2, 0.25) is 0 Å². The molecule has 3 unspecified atom stereocenters. The van der Waals surface area contributed by atoms with Crippen molar-refractivity contribution in [1.29, 1.82) is 0 Å². The minimum absolute atomic E-state index is 0.0812. The first kappa shape index (κ1) is 21.1. The van der Waals surface area contributed by atoms with E-state index in [9.17, 15) is 12.6 Å². The SMILES string of the molecule is O=S1c2cc(C3CNc4ccccc4S3)ccc2NCC1c1ccc2c(c1)S(=O)(=O)CCN2. The molecule has 0 saturated heterocycles. The number of hydrogen-bond acceptors (Lipinski definition) is 7. The lowest BCUT2D eigenvalue weighted by Gasteiger charge is -2.29. The van der Waals surface area contributed by atoms with Gasteiger partial charge in [0, 0.05) is 30.2 Å². The number of anilines is 3. The van der Waals surface area contributed by atoms with E-state index in [-0.39, 0.29) is 16.3 Å². The summed E-state index contributed by atoms with van der Waals surface area (Å²) in [6.07, 6.45) is 0. The summed E-state index contributed by atoms with van der Waals surface area (Å²) in [5, 5.41) is 9.97. The van der Waals surface area contributed by atoms with Gasteiger partial charge >= 0.3 is 0 Å². The van der Waals surface area contributed by atoms with Gasteiger partial charge in [-0.3, -0.25) is 4.21 Å². The van der Waals surface area contributed by atoms with Crippen molar-refractivity contribution in [2.45, 2.75) is 25.2 Å². The number of para-hydroxylation sites is 1. The van der Waals surface area contributed by atoms with E-state index in [2.05, 4.69) is 40.2 Å². The molecule has 170 valence electrons. The third-order valence-electron chi connectivity index (χ3n) is 6.36. The number of nitrogens with one attached hydrogen (secondary N) is 3. The first-order chi connectivity index (χ1) is 16.0. The summed E-state index contributed by atoms with van der Waals surface area (Å²) in [5.74, 6) is 0.0812. The molecule has 0 radical (unpaired) electrons. The summed E-state index contributed by atoms with van der Waals surface area (Å²) in [4.78, 5) is 2.31. The fourth-order valence-corrected chi connectivity index (χ4v) is 8.70. The summed E-state index contributed by atoms with van der Waals surface area (Å²) >= 11 is 1.82. The topological polar surface area (TPSA) is 87.3 Å². The van der Waals surface area contributed by atoms with Gasteiger partial charge in [0.15, 0.2) is 9.84 Å². The number of thioether (sulfide) groups is 1. The Bertz CT molecular complexity index is 1390. The molecule has 3 atom stereocenters. The van der Waals surface area contributed by atoms with Gasteiger partial charge in [0.05, 0.1) is 48.2 Å². The average molecular weight is 498 g/mol. The van der Waals surface area contributed by atoms with Crippen LogP contribution < -0.4 is 16.0 Å². The van der Waals surface area contributed by atoms with E-state index in [0.717, 1.165) is 33.9 Å². The average Bonchev–Trinajstić information content (AvgIpc) is 2.84. The van der Waals surface area contributed by atoms with Gasteiger partial charge in [-0.05, 0) is 47.5 Å². The number of fused-ring (bicyclic) bond motifs is 3. The standard InChI is InChI=1S/C24H23N3O3S3/c28-32-22-11-15(21-13-26-17-3-1-2-4-20(17)31-21)5-7-18(22)27-14-23(32)16-6-8-19-24(12-16)33(29,30)10-9-25-19/h1-8,11-12,21,23,25-27H,9-10,13-14H2. The van der Waals surface area contributed by atoms with Crippen LogP contribution in [0.3, 0.4) is 0 Å². The van der Waals surface area contributed by atoms with Crippen molar-refractivity contribution in [2.24, 2.45) is 0 Å². The van der Waals surface area contributed by atoms with Crippen LogP contribution in [0.15, 0.2) is 75.4 Å². The van der Waals surface area contributed by atoms with Crippen LogP contribution in [0.25, 0.3) is 0 Å². The van der Waals surface area contributed by atoms with E-state index in [1.165, 1.54) is 4.90 Å². The number of hydrogen-bond donors (Lipinski definition) is 3. The quantitative estimate of drug-likeness (QED) is 0.483. The fraction of sp³-hybridized carbons (Fsp3) is 0.250. The van der Waals surface area contributed by atoms with E-state index in [0.29, 0.717) is 23.7 Å². The van der Waals surface area contributed by atoms with Gasteiger partial charge in [-0.1, -0.05) is 24.3 Å². The third-order valence-corrected chi connectivity index (χ3v) is 11.2. The number of rotatable bonds is 2. The van der Waals surface area contributed by atoms with Gasteiger partial charge in [0.1, 0.15) is 0 Å². The summed E-state index contributed by atoms with van der Waals surface area (Å²) in [7, 11) is -4.62. The molecule has 3 N–H and O–H groups in total. The maximum Gasteiger partial charge on any atom is 0.182 e. The Morgan fingerprint density at radius 2 is 1.64 bits per heavy atom. The molecule has 0 aromatic heterocycles. The van der Waals surface area contributed by atoms with Crippen LogP contribution in [-0.4, -0.2) is 38.0 Å². The van der Waals surface area contributed by atoms with Crippen LogP contribution in [-0.2, 0) is 20.6 Å². The van der Waals surface area contributed by atoms with Gasteiger partial charge in [0.25, 0.3) is 0 Å². The molecule has 0 amide bonds. The van der Waals surface area contributed by atoms with Gasteiger partial charge < -0.3 is 16.0 Å². The summed E-state index contributed by atoms with van der Waals surface area (Å²) in [6, 6.07) is 19.8. The van der Waals surface area contributed by atoms with Crippen molar-refractivity contribution < 1.29 is 12.6 Å². The minimum Gasteiger partial charge on any atom is -0.383 e. The van der Waals surface area contributed by atoms with Crippen molar-refractivity contribution in [3.63, 3.8) is 0 Å². The summed E-state index contributed by atoms with van der Waals surface area (Å²) < 4.78 is 38.8. The maximum absolute atomic E-state index is 13.7. The Morgan fingerprint density at radius 3 is 2.55 bits per heavy atom. The van der Waals surface area contributed by atoms with Crippen LogP contribution >= 0.6 is 11.8 Å². The normalized spacial score (nSPS) is 24.8. The molecule has 0 bridgehead atoms. The molecule has 0 spiro atoms. The Balaban J connectivity index is 1.31. The zero-order chi connectivity index (χ0) is 22.6.